The van der Waals surface area contributed by atoms with Gasteiger partial charge in [0.1, 0.15) is 5.75 Å². The van der Waals surface area contributed by atoms with Crippen LogP contribution < -0.4 is 0 Å². The number of rotatable bonds is 10. The molecule has 0 atom stereocenters. The highest BCUT2D eigenvalue weighted by Gasteiger charge is 2.10. The van der Waals surface area contributed by atoms with Crippen LogP contribution in [0.4, 0.5) is 0 Å². The lowest BCUT2D eigenvalue weighted by atomic mass is 9.96. The van der Waals surface area contributed by atoms with Crippen LogP contribution in [0.5, 0.6) is 5.75 Å². The lowest BCUT2D eigenvalue weighted by Crippen LogP contribution is -1.98. The number of thiol groups is 1. The number of unbranched alkanes of at least 4 members (excludes halogenated alkanes) is 6. The monoisotopic (exact) mass is 294 g/mol. The van der Waals surface area contributed by atoms with Gasteiger partial charge in [0.05, 0.1) is 0 Å². The molecule has 0 aliphatic carbocycles. The van der Waals surface area contributed by atoms with E-state index in [-0.39, 0.29) is 0 Å². The van der Waals surface area contributed by atoms with Gasteiger partial charge < -0.3 is 5.11 Å². The minimum atomic E-state index is 0.330. The Morgan fingerprint density at radius 2 is 1.45 bits per heavy atom. The Bertz CT molecular complexity index is 387. The highest BCUT2D eigenvalue weighted by atomic mass is 32.1. The smallest absolute Gasteiger partial charge is 0.129 e. The van der Waals surface area contributed by atoms with Crippen molar-refractivity contribution in [2.45, 2.75) is 83.0 Å². The summed E-state index contributed by atoms with van der Waals surface area (Å²) in [5, 5.41) is 9.86. The molecule has 0 radical (unpaired) electrons. The van der Waals surface area contributed by atoms with Crippen LogP contribution in [0.2, 0.25) is 0 Å². The van der Waals surface area contributed by atoms with Gasteiger partial charge in [-0.3, -0.25) is 0 Å². The minimum Gasteiger partial charge on any atom is -0.507 e. The average molecular weight is 295 g/mol. The summed E-state index contributed by atoms with van der Waals surface area (Å²) in [6.45, 7) is 4.48. The molecule has 0 heterocycles. The molecule has 0 saturated heterocycles. The van der Waals surface area contributed by atoms with Crippen molar-refractivity contribution in [2.75, 3.05) is 0 Å². The molecule has 0 fully saturated rings. The van der Waals surface area contributed by atoms with Crippen molar-refractivity contribution >= 4 is 12.6 Å². The van der Waals surface area contributed by atoms with Crippen molar-refractivity contribution in [2.24, 2.45) is 0 Å². The lowest BCUT2D eigenvalue weighted by Gasteiger charge is -2.13. The summed E-state index contributed by atoms with van der Waals surface area (Å²) in [6.07, 6.45) is 12.3. The molecule has 114 valence electrons. The first-order valence-corrected chi connectivity index (χ1v) is 8.68. The van der Waals surface area contributed by atoms with Crippen LogP contribution in [0, 0.1) is 0 Å². The molecule has 0 unspecified atom stereocenters. The maximum absolute atomic E-state index is 9.86. The van der Waals surface area contributed by atoms with E-state index in [4.69, 9.17) is 0 Å². The number of benzene rings is 1. The minimum absolute atomic E-state index is 0.330. The predicted octanol–water partition coefficient (Wildman–Crippen LogP) is 5.93. The van der Waals surface area contributed by atoms with E-state index in [0.29, 0.717) is 5.75 Å². The van der Waals surface area contributed by atoms with Crippen LogP contribution in [0.25, 0.3) is 0 Å². The molecule has 1 nitrogen and oxygen atoms in total. The Morgan fingerprint density at radius 1 is 0.850 bits per heavy atom. The van der Waals surface area contributed by atoms with Gasteiger partial charge in [-0.15, -0.1) is 12.6 Å². The molecule has 0 spiro atoms. The quantitative estimate of drug-likeness (QED) is 0.405. The van der Waals surface area contributed by atoms with E-state index in [1.165, 1.54) is 62.5 Å². The summed E-state index contributed by atoms with van der Waals surface area (Å²) in [7, 11) is 0. The second-order valence-corrected chi connectivity index (χ2v) is 6.14. The molecule has 0 aromatic heterocycles. The number of hydrogen-bond donors (Lipinski definition) is 2. The summed E-state index contributed by atoms with van der Waals surface area (Å²) in [4.78, 5) is 0.800. The van der Waals surface area contributed by atoms with E-state index in [0.717, 1.165) is 17.7 Å². The zero-order chi connectivity index (χ0) is 14.8. The average Bonchev–Trinajstić information content (AvgIpc) is 2.45. The third-order valence-electron chi connectivity index (χ3n) is 3.94. The topological polar surface area (TPSA) is 20.2 Å². The summed E-state index contributed by atoms with van der Waals surface area (Å²) in [5.41, 5.74) is 2.67. The lowest BCUT2D eigenvalue weighted by molar-refractivity contribution is 0.460. The Morgan fingerprint density at radius 3 is 2.05 bits per heavy atom. The molecule has 1 aromatic carbocycles. The third kappa shape index (κ3) is 5.78. The van der Waals surface area contributed by atoms with Crippen molar-refractivity contribution in [1.82, 2.24) is 0 Å². The molecule has 1 N–H and O–H groups in total. The van der Waals surface area contributed by atoms with Gasteiger partial charge in [0.25, 0.3) is 0 Å². The molecule has 0 saturated carbocycles. The van der Waals surface area contributed by atoms with Gasteiger partial charge in [0.2, 0.25) is 0 Å². The maximum atomic E-state index is 9.86. The van der Waals surface area contributed by atoms with E-state index in [1.54, 1.807) is 6.07 Å². The summed E-state index contributed by atoms with van der Waals surface area (Å²) in [5.74, 6) is 0.330. The van der Waals surface area contributed by atoms with E-state index in [2.05, 4.69) is 32.5 Å². The first kappa shape index (κ1) is 17.4. The van der Waals surface area contributed by atoms with E-state index in [9.17, 15) is 5.11 Å². The molecule has 0 amide bonds. The van der Waals surface area contributed by atoms with Crippen LogP contribution in [-0.2, 0) is 12.8 Å². The SMILES string of the molecule is CCCCCCc1ccc(O)c(S)c1CCCCCC. The fourth-order valence-electron chi connectivity index (χ4n) is 2.65. The van der Waals surface area contributed by atoms with Gasteiger partial charge in [0.15, 0.2) is 0 Å². The fourth-order valence-corrected chi connectivity index (χ4v) is 2.98. The van der Waals surface area contributed by atoms with Crippen molar-refractivity contribution in [3.8, 4) is 5.75 Å². The van der Waals surface area contributed by atoms with Crippen LogP contribution in [-0.4, -0.2) is 5.11 Å². The number of phenolic OH excluding ortho intramolecular Hbond substituents is 1. The van der Waals surface area contributed by atoms with Crippen molar-refractivity contribution < 1.29 is 5.11 Å². The highest BCUT2D eigenvalue weighted by molar-refractivity contribution is 7.80. The fraction of sp³-hybridized carbons (Fsp3) is 0.667. The zero-order valence-electron chi connectivity index (χ0n) is 13.1. The number of hydrogen-bond acceptors (Lipinski definition) is 2. The Kier molecular flexibility index (Phi) is 8.84. The van der Waals surface area contributed by atoms with Crippen LogP contribution in [0.3, 0.4) is 0 Å². The number of phenols is 1. The molecule has 20 heavy (non-hydrogen) atoms. The summed E-state index contributed by atoms with van der Waals surface area (Å²) in [6, 6.07) is 3.89. The number of aryl methyl sites for hydroxylation is 1. The summed E-state index contributed by atoms with van der Waals surface area (Å²) >= 11 is 4.52. The second-order valence-electron chi connectivity index (χ2n) is 5.69. The molecular weight excluding hydrogens is 264 g/mol. The molecule has 0 aliphatic rings. The third-order valence-corrected chi connectivity index (χ3v) is 4.44. The molecular formula is C18H30OS. The molecule has 2 heteroatoms. The van der Waals surface area contributed by atoms with Gasteiger partial charge in [-0.2, -0.15) is 0 Å². The Hall–Kier alpha value is -0.630. The standard InChI is InChI=1S/C18H30OS/c1-3-5-7-9-11-15-13-14-17(19)18(20)16(15)12-10-8-6-4-2/h13-14,19-20H,3-12H2,1-2H3. The second kappa shape index (κ2) is 10.1. The van der Waals surface area contributed by atoms with Crippen molar-refractivity contribution in [1.29, 1.82) is 0 Å². The van der Waals surface area contributed by atoms with Gasteiger partial charge in [0, 0.05) is 4.90 Å². The molecule has 1 rings (SSSR count). The van der Waals surface area contributed by atoms with Crippen molar-refractivity contribution in [3.05, 3.63) is 23.3 Å². The molecule has 0 aliphatic heterocycles. The normalized spacial score (nSPS) is 10.9. The van der Waals surface area contributed by atoms with Gasteiger partial charge >= 0.3 is 0 Å². The van der Waals surface area contributed by atoms with E-state index < -0.39 is 0 Å². The Labute approximate surface area is 130 Å². The Balaban J connectivity index is 2.64. The predicted molar refractivity (Wildman–Crippen MR) is 91.1 cm³/mol. The summed E-state index contributed by atoms with van der Waals surface area (Å²) < 4.78 is 0. The zero-order valence-corrected chi connectivity index (χ0v) is 14.0. The van der Waals surface area contributed by atoms with Gasteiger partial charge in [-0.05, 0) is 42.9 Å². The van der Waals surface area contributed by atoms with E-state index >= 15 is 0 Å². The van der Waals surface area contributed by atoms with Gasteiger partial charge in [-0.25, -0.2) is 0 Å². The number of aromatic hydroxyl groups is 1. The first-order chi connectivity index (χ1) is 9.70. The maximum Gasteiger partial charge on any atom is 0.129 e. The largest absolute Gasteiger partial charge is 0.507 e. The first-order valence-electron chi connectivity index (χ1n) is 8.23. The molecule has 1 aromatic rings. The van der Waals surface area contributed by atoms with Gasteiger partial charge in [-0.1, -0.05) is 58.4 Å². The van der Waals surface area contributed by atoms with Crippen LogP contribution in [0.15, 0.2) is 17.0 Å². The molecule has 0 bridgehead atoms. The van der Waals surface area contributed by atoms with Crippen molar-refractivity contribution in [3.63, 3.8) is 0 Å². The van der Waals surface area contributed by atoms with Crippen LogP contribution in [0.1, 0.15) is 76.3 Å². The van der Waals surface area contributed by atoms with E-state index in [1.807, 2.05) is 0 Å². The van der Waals surface area contributed by atoms with Crippen LogP contribution >= 0.6 is 12.6 Å². The highest BCUT2D eigenvalue weighted by Crippen LogP contribution is 2.30.